The van der Waals surface area contributed by atoms with Crippen LogP contribution in [-0.4, -0.2) is 36.5 Å². The molecule has 29 heavy (non-hydrogen) atoms. The molecule has 0 saturated heterocycles. The second-order valence-corrected chi connectivity index (χ2v) is 6.06. The van der Waals surface area contributed by atoms with Crippen LogP contribution in [0.25, 0.3) is 17.5 Å². The average molecular weight is 394 g/mol. The van der Waals surface area contributed by atoms with Crippen LogP contribution in [0.4, 0.5) is 0 Å². The molecule has 0 atom stereocenters. The van der Waals surface area contributed by atoms with Crippen molar-refractivity contribution >= 4 is 12.0 Å². The summed E-state index contributed by atoms with van der Waals surface area (Å²) < 4.78 is 27.1. The first-order valence-electron chi connectivity index (χ1n) is 8.93. The van der Waals surface area contributed by atoms with Gasteiger partial charge in [-0.2, -0.15) is 0 Å². The van der Waals surface area contributed by atoms with Crippen molar-refractivity contribution in [2.24, 2.45) is 0 Å². The Kier molecular flexibility index (Phi) is 5.42. The Labute approximate surface area is 166 Å². The van der Waals surface area contributed by atoms with Crippen LogP contribution < -0.4 is 14.2 Å². The van der Waals surface area contributed by atoms with Crippen LogP contribution in [0.5, 0.6) is 17.2 Å². The van der Waals surface area contributed by atoms with Crippen molar-refractivity contribution in [2.45, 2.75) is 6.61 Å². The number of methoxy groups -OCH3 is 1. The maximum absolute atomic E-state index is 12.0. The summed E-state index contributed by atoms with van der Waals surface area (Å²) in [4.78, 5) is 12.0. The third-order valence-electron chi connectivity index (χ3n) is 4.09. The molecule has 1 aliphatic rings. The summed E-state index contributed by atoms with van der Waals surface area (Å²) in [6.07, 6.45) is 2.91. The maximum atomic E-state index is 12.0. The summed E-state index contributed by atoms with van der Waals surface area (Å²) >= 11 is 0. The maximum Gasteiger partial charge on any atom is 0.331 e. The van der Waals surface area contributed by atoms with Gasteiger partial charge in [-0.3, -0.25) is 0 Å². The van der Waals surface area contributed by atoms with E-state index >= 15 is 0 Å². The first kappa shape index (κ1) is 18.5. The van der Waals surface area contributed by atoms with E-state index in [2.05, 4.69) is 10.2 Å². The molecule has 0 amide bonds. The summed E-state index contributed by atoms with van der Waals surface area (Å²) in [5.74, 6) is 1.71. The van der Waals surface area contributed by atoms with Crippen molar-refractivity contribution in [3.63, 3.8) is 0 Å². The zero-order chi connectivity index (χ0) is 20.1. The van der Waals surface area contributed by atoms with Crippen molar-refractivity contribution in [1.82, 2.24) is 10.2 Å². The highest BCUT2D eigenvalue weighted by Gasteiger charge is 2.18. The number of benzene rings is 2. The molecule has 148 valence electrons. The van der Waals surface area contributed by atoms with Crippen LogP contribution in [0.1, 0.15) is 11.5 Å². The molecule has 4 rings (SSSR count). The van der Waals surface area contributed by atoms with Gasteiger partial charge in [-0.15, -0.1) is 10.2 Å². The van der Waals surface area contributed by atoms with Gasteiger partial charge in [0.15, 0.2) is 18.1 Å². The number of nitrogens with zero attached hydrogens (tertiary/aromatic N) is 2. The van der Waals surface area contributed by atoms with Crippen LogP contribution in [0.15, 0.2) is 53.0 Å². The molecule has 3 aromatic rings. The summed E-state index contributed by atoms with van der Waals surface area (Å²) in [5.41, 5.74) is 1.51. The predicted molar refractivity (Wildman–Crippen MR) is 103 cm³/mol. The lowest BCUT2D eigenvalue weighted by molar-refractivity contribution is -0.139. The Balaban J connectivity index is 1.38. The molecule has 2 aromatic carbocycles. The van der Waals surface area contributed by atoms with E-state index in [4.69, 9.17) is 23.4 Å². The Morgan fingerprint density at radius 3 is 2.79 bits per heavy atom. The lowest BCUT2D eigenvalue weighted by atomic mass is 10.1. The van der Waals surface area contributed by atoms with Crippen molar-refractivity contribution < 1.29 is 28.2 Å². The molecular weight excluding hydrogens is 376 g/mol. The zero-order valence-corrected chi connectivity index (χ0v) is 15.7. The second kappa shape index (κ2) is 8.47. The number of rotatable bonds is 6. The Bertz CT molecular complexity index is 1010. The number of carbonyl (C=O) groups excluding carboxylic acids is 1. The zero-order valence-electron chi connectivity index (χ0n) is 15.7. The lowest BCUT2D eigenvalue weighted by Crippen LogP contribution is -2.16. The molecule has 2 heterocycles. The molecule has 0 fully saturated rings. The van der Waals surface area contributed by atoms with E-state index in [9.17, 15) is 4.79 Å². The van der Waals surface area contributed by atoms with Crippen LogP contribution in [0.2, 0.25) is 0 Å². The van der Waals surface area contributed by atoms with E-state index in [0.29, 0.717) is 41.9 Å². The largest absolute Gasteiger partial charge is 0.493 e. The van der Waals surface area contributed by atoms with Crippen molar-refractivity contribution in [3.8, 4) is 28.7 Å². The minimum Gasteiger partial charge on any atom is -0.493 e. The number of carbonyl (C=O) groups is 1. The number of hydrogen-bond acceptors (Lipinski definition) is 8. The van der Waals surface area contributed by atoms with Gasteiger partial charge in [0.25, 0.3) is 5.89 Å². The fraction of sp³-hybridized carbons (Fsp3) is 0.190. The fourth-order valence-electron chi connectivity index (χ4n) is 2.74. The van der Waals surface area contributed by atoms with Gasteiger partial charge in [-0.05, 0) is 35.9 Å². The molecule has 0 unspecified atom stereocenters. The standard InChI is InChI=1S/C21H18N2O6/c1-25-16-11-14(12-17-20(16)27-10-9-26-17)7-8-19(24)28-13-18-22-23-21(29-18)15-5-3-2-4-6-15/h2-8,11-12H,9-10,13H2,1H3/b8-7+. The molecule has 0 radical (unpaired) electrons. The Morgan fingerprint density at radius 2 is 1.97 bits per heavy atom. The van der Waals surface area contributed by atoms with Crippen LogP contribution in [-0.2, 0) is 16.1 Å². The van der Waals surface area contributed by atoms with Gasteiger partial charge < -0.3 is 23.4 Å². The van der Waals surface area contributed by atoms with Crippen LogP contribution >= 0.6 is 0 Å². The number of fused-ring (bicyclic) bond motifs is 1. The third-order valence-corrected chi connectivity index (χ3v) is 4.09. The van der Waals surface area contributed by atoms with E-state index in [1.807, 2.05) is 30.3 Å². The van der Waals surface area contributed by atoms with Gasteiger partial charge in [0.1, 0.15) is 13.2 Å². The molecule has 0 N–H and O–H groups in total. The molecule has 0 saturated carbocycles. The van der Waals surface area contributed by atoms with Gasteiger partial charge >= 0.3 is 5.97 Å². The monoisotopic (exact) mass is 394 g/mol. The third kappa shape index (κ3) is 4.37. The molecular formula is C21H18N2O6. The molecule has 8 nitrogen and oxygen atoms in total. The van der Waals surface area contributed by atoms with E-state index in [-0.39, 0.29) is 12.5 Å². The van der Waals surface area contributed by atoms with E-state index in [1.54, 1.807) is 25.3 Å². The molecule has 1 aromatic heterocycles. The van der Waals surface area contributed by atoms with Crippen LogP contribution in [0, 0.1) is 0 Å². The normalized spacial score (nSPS) is 12.7. The number of hydrogen-bond donors (Lipinski definition) is 0. The molecule has 0 aliphatic carbocycles. The molecule has 8 heteroatoms. The predicted octanol–water partition coefficient (Wildman–Crippen LogP) is 3.27. The Morgan fingerprint density at radius 1 is 1.14 bits per heavy atom. The van der Waals surface area contributed by atoms with Crippen molar-refractivity contribution in [1.29, 1.82) is 0 Å². The van der Waals surface area contributed by atoms with Gasteiger partial charge in [0, 0.05) is 11.6 Å². The topological polar surface area (TPSA) is 92.9 Å². The van der Waals surface area contributed by atoms with Gasteiger partial charge in [-0.1, -0.05) is 18.2 Å². The van der Waals surface area contributed by atoms with Gasteiger partial charge in [0.2, 0.25) is 11.6 Å². The van der Waals surface area contributed by atoms with Crippen LogP contribution in [0.3, 0.4) is 0 Å². The number of ether oxygens (including phenoxy) is 4. The molecule has 0 spiro atoms. The first-order valence-corrected chi connectivity index (χ1v) is 8.93. The summed E-state index contributed by atoms with van der Waals surface area (Å²) in [7, 11) is 1.55. The first-order chi connectivity index (χ1) is 14.2. The molecule has 1 aliphatic heterocycles. The summed E-state index contributed by atoms with van der Waals surface area (Å²) in [6.45, 7) is 0.806. The Hall–Kier alpha value is -3.81. The van der Waals surface area contributed by atoms with Gasteiger partial charge in [-0.25, -0.2) is 4.79 Å². The van der Waals surface area contributed by atoms with Gasteiger partial charge in [0.05, 0.1) is 7.11 Å². The second-order valence-electron chi connectivity index (χ2n) is 6.06. The summed E-state index contributed by atoms with van der Waals surface area (Å²) in [6, 6.07) is 12.9. The highest BCUT2D eigenvalue weighted by molar-refractivity contribution is 5.87. The minimum atomic E-state index is -0.543. The average Bonchev–Trinajstić information content (AvgIpc) is 3.25. The number of esters is 1. The van der Waals surface area contributed by atoms with Crippen molar-refractivity contribution in [3.05, 3.63) is 60.0 Å². The fourth-order valence-corrected chi connectivity index (χ4v) is 2.74. The highest BCUT2D eigenvalue weighted by atomic mass is 16.6. The SMILES string of the molecule is COc1cc(/C=C/C(=O)OCc2nnc(-c3ccccc3)o2)cc2c1OCCO2. The van der Waals surface area contributed by atoms with E-state index < -0.39 is 5.97 Å². The highest BCUT2D eigenvalue weighted by Crippen LogP contribution is 2.40. The minimum absolute atomic E-state index is 0.118. The smallest absolute Gasteiger partial charge is 0.331 e. The lowest BCUT2D eigenvalue weighted by Gasteiger charge is -2.20. The summed E-state index contributed by atoms with van der Waals surface area (Å²) in [5, 5.41) is 7.84. The van der Waals surface area contributed by atoms with E-state index in [1.165, 1.54) is 6.08 Å². The number of aromatic nitrogens is 2. The van der Waals surface area contributed by atoms with E-state index in [0.717, 1.165) is 5.56 Å². The van der Waals surface area contributed by atoms with Crippen molar-refractivity contribution in [2.75, 3.05) is 20.3 Å². The quantitative estimate of drug-likeness (QED) is 0.465. The molecule has 0 bridgehead atoms.